The van der Waals surface area contributed by atoms with Crippen LogP contribution in [0, 0.1) is 0 Å². The lowest BCUT2D eigenvalue weighted by Crippen LogP contribution is -3.00. The number of hydrogen-bond acceptors (Lipinski definition) is 6. The lowest BCUT2D eigenvalue weighted by atomic mass is 10.2. The monoisotopic (exact) mass is 489 g/mol. The highest BCUT2D eigenvalue weighted by Crippen LogP contribution is 2.29. The van der Waals surface area contributed by atoms with Gasteiger partial charge in [-0.15, -0.1) is 10.2 Å². The normalized spacial score (nSPS) is 15.9. The van der Waals surface area contributed by atoms with E-state index in [0.29, 0.717) is 5.13 Å². The average Bonchev–Trinajstić information content (AvgIpc) is 3.17. The van der Waals surface area contributed by atoms with E-state index in [1.54, 1.807) is 11.3 Å². The van der Waals surface area contributed by atoms with Crippen LogP contribution in [0.3, 0.4) is 0 Å². The second-order valence-electron chi connectivity index (χ2n) is 7.66. The van der Waals surface area contributed by atoms with Gasteiger partial charge < -0.3 is 31.1 Å². The summed E-state index contributed by atoms with van der Waals surface area (Å²) in [6.45, 7) is 9.32. The number of anilines is 1. The topological polar surface area (TPSA) is 50.1 Å². The smallest absolute Gasteiger partial charge is 0.231 e. The number of quaternary nitrogens is 1. The molecule has 1 saturated heterocycles. The molecule has 1 fully saturated rings. The number of benzene rings is 2. The van der Waals surface area contributed by atoms with E-state index in [1.165, 1.54) is 5.69 Å². The molecule has 0 amide bonds. The van der Waals surface area contributed by atoms with Crippen molar-refractivity contribution in [3.05, 3.63) is 48.5 Å². The molecule has 0 bridgehead atoms. The zero-order valence-electron chi connectivity index (χ0n) is 17.5. The minimum absolute atomic E-state index is 0. The summed E-state index contributed by atoms with van der Waals surface area (Å²) in [4.78, 5) is 6.93. The number of fused-ring (bicyclic) bond motifs is 1. The predicted octanol–water partition coefficient (Wildman–Crippen LogP) is 2.02. The van der Waals surface area contributed by atoms with Crippen molar-refractivity contribution in [2.75, 3.05) is 57.9 Å². The summed E-state index contributed by atoms with van der Waals surface area (Å²) in [6.07, 6.45) is 0. The molecule has 1 aliphatic rings. The zero-order chi connectivity index (χ0) is 20.1. The molecule has 0 unspecified atom stereocenters. The summed E-state index contributed by atoms with van der Waals surface area (Å²) in [5.41, 5.74) is 3.04. The molecule has 3 aromatic rings. The third kappa shape index (κ3) is 5.63. The molecule has 1 aliphatic heterocycles. The summed E-state index contributed by atoms with van der Waals surface area (Å²) in [5.74, 6) is 0. The van der Waals surface area contributed by atoms with E-state index >= 15 is 0 Å². The van der Waals surface area contributed by atoms with Gasteiger partial charge in [0.2, 0.25) is 5.13 Å². The van der Waals surface area contributed by atoms with Crippen molar-refractivity contribution < 1.29 is 26.2 Å². The quantitative estimate of drug-likeness (QED) is 0.376. The molecule has 30 heavy (non-hydrogen) atoms. The number of thiazole rings is 1. The average molecular weight is 490 g/mol. The van der Waals surface area contributed by atoms with E-state index in [0.717, 1.165) is 66.3 Å². The summed E-state index contributed by atoms with van der Waals surface area (Å²) < 4.78 is 7.74. The Balaban J connectivity index is 0.00000256. The third-order valence-corrected chi connectivity index (χ3v) is 6.51. The highest BCUT2D eigenvalue weighted by molar-refractivity contribution is 7.21. The zero-order valence-corrected chi connectivity index (χ0v) is 19.9. The van der Waals surface area contributed by atoms with Gasteiger partial charge >= 0.3 is 0 Å². The fourth-order valence-electron chi connectivity index (χ4n) is 3.57. The molecule has 1 aromatic heterocycles. The highest BCUT2D eigenvalue weighted by atomic mass is 79.9. The van der Waals surface area contributed by atoms with Gasteiger partial charge in [0.05, 0.1) is 49.3 Å². The lowest BCUT2D eigenvalue weighted by molar-refractivity contribution is -0.915. The number of morpholine rings is 1. The highest BCUT2D eigenvalue weighted by Gasteiger charge is 2.25. The Kier molecular flexibility index (Phi) is 7.93. The van der Waals surface area contributed by atoms with Gasteiger partial charge in [0.25, 0.3) is 0 Å². The molecule has 8 heteroatoms. The van der Waals surface area contributed by atoms with E-state index in [-0.39, 0.29) is 17.0 Å². The molecule has 2 heterocycles. The first-order chi connectivity index (χ1) is 14.1. The summed E-state index contributed by atoms with van der Waals surface area (Å²) in [7, 11) is 2.34. The first-order valence-corrected chi connectivity index (χ1v) is 11.0. The lowest BCUT2D eigenvalue weighted by Gasteiger charge is -2.39. The van der Waals surface area contributed by atoms with Crippen molar-refractivity contribution in [2.45, 2.75) is 6.92 Å². The maximum Gasteiger partial charge on any atom is 0.231 e. The van der Waals surface area contributed by atoms with Crippen LogP contribution in [0.1, 0.15) is 6.92 Å². The van der Waals surface area contributed by atoms with Crippen LogP contribution in [-0.4, -0.2) is 62.5 Å². The molecule has 2 aromatic carbocycles. The summed E-state index contributed by atoms with van der Waals surface area (Å²) in [5, 5.41) is 9.37. The predicted molar refractivity (Wildman–Crippen MR) is 120 cm³/mol. The molecule has 0 N–H and O–H groups in total. The Morgan fingerprint density at radius 3 is 2.50 bits per heavy atom. The number of rotatable bonds is 7. The minimum Gasteiger partial charge on any atom is -1.00 e. The van der Waals surface area contributed by atoms with Crippen LogP contribution in [-0.2, 0) is 4.74 Å². The fraction of sp³-hybridized carbons (Fsp3) is 0.409. The second kappa shape index (κ2) is 10.4. The van der Waals surface area contributed by atoms with Crippen molar-refractivity contribution in [3.8, 4) is 0 Å². The Morgan fingerprint density at radius 2 is 1.80 bits per heavy atom. The van der Waals surface area contributed by atoms with Crippen LogP contribution in [0.4, 0.5) is 16.5 Å². The Bertz CT molecular complexity index is 936. The van der Waals surface area contributed by atoms with Gasteiger partial charge in [-0.25, -0.2) is 4.98 Å². The number of para-hydroxylation sites is 1. The first-order valence-electron chi connectivity index (χ1n) is 10.2. The van der Waals surface area contributed by atoms with Gasteiger partial charge in [-0.05, 0) is 43.3 Å². The van der Waals surface area contributed by atoms with Crippen LogP contribution in [0.15, 0.2) is 58.8 Å². The van der Waals surface area contributed by atoms with Crippen molar-refractivity contribution in [1.29, 1.82) is 0 Å². The molecular weight excluding hydrogens is 462 g/mol. The molecule has 160 valence electrons. The standard InChI is InChI=1S/C22H28N5OS.BrH/c1-3-26(12-13-27(2)14-16-28-17-15-27)19-10-8-18(9-11-19)24-25-22-23-20-6-4-5-7-21(20)29-22;/h4-11H,3,12-17H2,1-2H3;1H/q+1;/p-1/b25-24+;. The van der Waals surface area contributed by atoms with E-state index < -0.39 is 0 Å². The second-order valence-corrected chi connectivity index (χ2v) is 8.67. The van der Waals surface area contributed by atoms with Crippen molar-refractivity contribution >= 4 is 38.1 Å². The minimum atomic E-state index is 0. The van der Waals surface area contributed by atoms with Crippen molar-refractivity contribution in [3.63, 3.8) is 0 Å². The molecule has 0 saturated carbocycles. The summed E-state index contributed by atoms with van der Waals surface area (Å²) >= 11 is 1.56. The number of azo groups is 1. The number of ether oxygens (including phenoxy) is 1. The molecule has 0 atom stereocenters. The number of halogens is 1. The molecule has 0 aliphatic carbocycles. The van der Waals surface area contributed by atoms with E-state index in [1.807, 2.05) is 30.3 Å². The Morgan fingerprint density at radius 1 is 1.07 bits per heavy atom. The van der Waals surface area contributed by atoms with E-state index in [4.69, 9.17) is 4.74 Å². The SMILES string of the molecule is CCN(CC[N+]1(C)CCOCC1)c1ccc(/N=N/c2nc3ccccc3s2)cc1.[Br-]. The first kappa shape index (κ1) is 22.8. The Labute approximate surface area is 192 Å². The molecule has 6 nitrogen and oxygen atoms in total. The number of hydrogen-bond donors (Lipinski definition) is 0. The van der Waals surface area contributed by atoms with Crippen LogP contribution in [0.2, 0.25) is 0 Å². The van der Waals surface area contributed by atoms with E-state index in [9.17, 15) is 0 Å². The van der Waals surface area contributed by atoms with Crippen molar-refractivity contribution in [1.82, 2.24) is 4.98 Å². The summed E-state index contributed by atoms with van der Waals surface area (Å²) in [6, 6.07) is 16.4. The molecular formula is C22H28BrN5OS. The van der Waals surface area contributed by atoms with Gasteiger partial charge in [0.15, 0.2) is 0 Å². The Hall–Kier alpha value is -1.87. The number of likely N-dealkylation sites (N-methyl/N-ethyl adjacent to an activating group) is 2. The van der Waals surface area contributed by atoms with Gasteiger partial charge in [-0.2, -0.15) is 0 Å². The van der Waals surface area contributed by atoms with Gasteiger partial charge in [0.1, 0.15) is 13.1 Å². The van der Waals surface area contributed by atoms with Crippen LogP contribution < -0.4 is 21.9 Å². The fourth-order valence-corrected chi connectivity index (χ4v) is 4.36. The number of aromatic nitrogens is 1. The number of nitrogens with zero attached hydrogens (tertiary/aromatic N) is 5. The molecule has 0 spiro atoms. The van der Waals surface area contributed by atoms with Crippen molar-refractivity contribution in [2.24, 2.45) is 10.2 Å². The largest absolute Gasteiger partial charge is 1.00 e. The maximum atomic E-state index is 5.52. The molecule has 0 radical (unpaired) electrons. The van der Waals surface area contributed by atoms with Crippen LogP contribution in [0.5, 0.6) is 0 Å². The maximum absolute atomic E-state index is 5.52. The van der Waals surface area contributed by atoms with E-state index in [2.05, 4.69) is 52.3 Å². The van der Waals surface area contributed by atoms with Gasteiger partial charge in [-0.3, -0.25) is 0 Å². The third-order valence-electron chi connectivity index (χ3n) is 5.59. The molecule has 4 rings (SSSR count). The van der Waals surface area contributed by atoms with Crippen LogP contribution in [0.25, 0.3) is 10.2 Å². The van der Waals surface area contributed by atoms with Gasteiger partial charge in [-0.1, -0.05) is 23.5 Å². The van der Waals surface area contributed by atoms with Crippen LogP contribution >= 0.6 is 11.3 Å². The van der Waals surface area contributed by atoms with Gasteiger partial charge in [0, 0.05) is 12.2 Å².